The first-order valence-corrected chi connectivity index (χ1v) is 4.73. The summed E-state index contributed by atoms with van der Waals surface area (Å²) < 4.78 is 0. The molecule has 0 aliphatic carbocycles. The Hall–Kier alpha value is -1.84. The summed E-state index contributed by atoms with van der Waals surface area (Å²) in [5, 5.41) is 5.26. The fourth-order valence-corrected chi connectivity index (χ4v) is 1.23. The molecule has 0 spiro atoms. The average Bonchev–Trinajstić information content (AvgIpc) is 2.13. The summed E-state index contributed by atoms with van der Waals surface area (Å²) in [6, 6.07) is 3.50. The molecule has 2 N–H and O–H groups in total. The van der Waals surface area contributed by atoms with E-state index in [2.05, 4.69) is 22.2 Å². The molecular weight excluding hydrogens is 190 g/mol. The van der Waals surface area contributed by atoms with Crippen molar-refractivity contribution in [1.82, 2.24) is 10.3 Å². The van der Waals surface area contributed by atoms with Gasteiger partial charge >= 0.3 is 6.03 Å². The van der Waals surface area contributed by atoms with Gasteiger partial charge in [-0.15, -0.1) is 6.58 Å². The Labute approximate surface area is 89.4 Å². The van der Waals surface area contributed by atoms with Crippen LogP contribution in [0.15, 0.2) is 24.8 Å². The van der Waals surface area contributed by atoms with E-state index in [0.717, 1.165) is 11.3 Å². The third kappa shape index (κ3) is 3.81. The van der Waals surface area contributed by atoms with E-state index in [1.165, 1.54) is 0 Å². The first kappa shape index (κ1) is 11.2. The number of nitrogens with zero attached hydrogens (tertiary/aromatic N) is 1. The van der Waals surface area contributed by atoms with E-state index < -0.39 is 0 Å². The molecule has 0 radical (unpaired) electrons. The Morgan fingerprint density at radius 3 is 2.87 bits per heavy atom. The van der Waals surface area contributed by atoms with Gasteiger partial charge in [-0.3, -0.25) is 5.32 Å². The zero-order valence-corrected chi connectivity index (χ0v) is 9.00. The molecule has 80 valence electrons. The van der Waals surface area contributed by atoms with Gasteiger partial charge < -0.3 is 5.32 Å². The Balaban J connectivity index is 2.63. The maximum atomic E-state index is 11.3. The second-order valence-electron chi connectivity index (χ2n) is 3.29. The highest BCUT2D eigenvalue weighted by Crippen LogP contribution is 2.08. The van der Waals surface area contributed by atoms with E-state index in [1.54, 1.807) is 6.08 Å². The summed E-state index contributed by atoms with van der Waals surface area (Å²) in [7, 11) is 0. The van der Waals surface area contributed by atoms with Gasteiger partial charge in [0.15, 0.2) is 0 Å². The molecule has 0 unspecified atom stereocenters. The third-order valence-corrected chi connectivity index (χ3v) is 1.75. The van der Waals surface area contributed by atoms with Crippen molar-refractivity contribution in [3.8, 4) is 0 Å². The number of carbonyl (C=O) groups excluding carboxylic acids is 1. The highest BCUT2D eigenvalue weighted by atomic mass is 16.2. The summed E-state index contributed by atoms with van der Waals surface area (Å²) in [4.78, 5) is 15.5. The number of hydrogen-bond acceptors (Lipinski definition) is 2. The van der Waals surface area contributed by atoms with Crippen molar-refractivity contribution in [3.05, 3.63) is 36.0 Å². The minimum Gasteiger partial charge on any atom is -0.334 e. The molecule has 4 nitrogen and oxygen atoms in total. The molecule has 1 aromatic rings. The number of aromatic nitrogens is 1. The number of carbonyl (C=O) groups is 1. The van der Waals surface area contributed by atoms with Crippen LogP contribution < -0.4 is 10.6 Å². The largest absolute Gasteiger partial charge is 0.334 e. The molecule has 15 heavy (non-hydrogen) atoms. The molecule has 1 aromatic heterocycles. The first-order chi connectivity index (χ1) is 7.11. The quantitative estimate of drug-likeness (QED) is 0.741. The summed E-state index contributed by atoms with van der Waals surface area (Å²) in [5.41, 5.74) is 1.95. The lowest BCUT2D eigenvalue weighted by atomic mass is 10.2. The number of rotatable bonds is 3. The van der Waals surface area contributed by atoms with Crippen LogP contribution in [-0.2, 0) is 0 Å². The summed E-state index contributed by atoms with van der Waals surface area (Å²) >= 11 is 0. The lowest BCUT2D eigenvalue weighted by Crippen LogP contribution is -2.29. The second-order valence-corrected chi connectivity index (χ2v) is 3.29. The van der Waals surface area contributed by atoms with Gasteiger partial charge in [0.2, 0.25) is 0 Å². The van der Waals surface area contributed by atoms with Crippen molar-refractivity contribution in [2.24, 2.45) is 0 Å². The van der Waals surface area contributed by atoms with E-state index in [0.29, 0.717) is 12.4 Å². The standard InChI is InChI=1S/C11H15N3O/c1-4-5-12-11(15)14-10-7-8(2)6-9(3)13-10/h4,6-7H,1,5H2,2-3H3,(H2,12,13,14,15). The molecule has 0 aliphatic rings. The van der Waals surface area contributed by atoms with Gasteiger partial charge in [0.1, 0.15) is 5.82 Å². The monoisotopic (exact) mass is 205 g/mol. The van der Waals surface area contributed by atoms with Gasteiger partial charge in [-0.2, -0.15) is 0 Å². The van der Waals surface area contributed by atoms with Crippen molar-refractivity contribution in [2.75, 3.05) is 11.9 Å². The van der Waals surface area contributed by atoms with Gasteiger partial charge in [0, 0.05) is 12.2 Å². The van der Waals surface area contributed by atoms with Crippen LogP contribution in [0.3, 0.4) is 0 Å². The van der Waals surface area contributed by atoms with Crippen molar-refractivity contribution in [2.45, 2.75) is 13.8 Å². The lowest BCUT2D eigenvalue weighted by molar-refractivity contribution is 0.253. The average molecular weight is 205 g/mol. The highest BCUT2D eigenvalue weighted by Gasteiger charge is 2.01. The van der Waals surface area contributed by atoms with E-state index in [4.69, 9.17) is 0 Å². The normalized spacial score (nSPS) is 9.47. The van der Waals surface area contributed by atoms with Crippen LogP contribution in [0, 0.1) is 13.8 Å². The lowest BCUT2D eigenvalue weighted by Gasteiger charge is -2.06. The Kier molecular flexibility index (Phi) is 3.85. The molecule has 0 aromatic carbocycles. The van der Waals surface area contributed by atoms with E-state index in [-0.39, 0.29) is 6.03 Å². The zero-order valence-electron chi connectivity index (χ0n) is 9.00. The molecule has 0 bridgehead atoms. The van der Waals surface area contributed by atoms with Gasteiger partial charge in [0.25, 0.3) is 0 Å². The smallest absolute Gasteiger partial charge is 0.320 e. The molecule has 1 heterocycles. The second kappa shape index (κ2) is 5.14. The van der Waals surface area contributed by atoms with Crippen LogP contribution in [0.5, 0.6) is 0 Å². The minimum absolute atomic E-state index is 0.271. The van der Waals surface area contributed by atoms with Crippen LogP contribution in [0.1, 0.15) is 11.3 Å². The molecule has 0 fully saturated rings. The fraction of sp³-hybridized carbons (Fsp3) is 0.273. The molecule has 0 saturated heterocycles. The summed E-state index contributed by atoms with van der Waals surface area (Å²) in [5.74, 6) is 0.564. The topological polar surface area (TPSA) is 54.0 Å². The van der Waals surface area contributed by atoms with Gasteiger partial charge in [-0.25, -0.2) is 9.78 Å². The summed E-state index contributed by atoms with van der Waals surface area (Å²) in [6.07, 6.45) is 1.62. The summed E-state index contributed by atoms with van der Waals surface area (Å²) in [6.45, 7) is 7.80. The van der Waals surface area contributed by atoms with Crippen molar-refractivity contribution in [1.29, 1.82) is 0 Å². The third-order valence-electron chi connectivity index (χ3n) is 1.75. The molecule has 1 rings (SSSR count). The maximum absolute atomic E-state index is 11.3. The van der Waals surface area contributed by atoms with E-state index in [1.807, 2.05) is 26.0 Å². The predicted octanol–water partition coefficient (Wildman–Crippen LogP) is 2.01. The Morgan fingerprint density at radius 1 is 1.53 bits per heavy atom. The van der Waals surface area contributed by atoms with Crippen molar-refractivity contribution < 1.29 is 4.79 Å². The van der Waals surface area contributed by atoms with Crippen LogP contribution >= 0.6 is 0 Å². The number of nitrogens with one attached hydrogen (secondary N) is 2. The highest BCUT2D eigenvalue weighted by molar-refractivity contribution is 5.88. The molecule has 0 atom stereocenters. The molecule has 0 saturated carbocycles. The molecule has 2 amide bonds. The Bertz CT molecular complexity index is 354. The molecule has 0 aliphatic heterocycles. The maximum Gasteiger partial charge on any atom is 0.320 e. The van der Waals surface area contributed by atoms with Crippen molar-refractivity contribution in [3.63, 3.8) is 0 Å². The van der Waals surface area contributed by atoms with Crippen LogP contribution in [0.2, 0.25) is 0 Å². The fourth-order valence-electron chi connectivity index (χ4n) is 1.23. The molecule has 4 heteroatoms. The van der Waals surface area contributed by atoms with Crippen molar-refractivity contribution >= 4 is 11.8 Å². The van der Waals surface area contributed by atoms with Gasteiger partial charge in [-0.05, 0) is 31.5 Å². The number of aryl methyl sites for hydroxylation is 2. The number of amides is 2. The number of pyridine rings is 1. The van der Waals surface area contributed by atoms with E-state index >= 15 is 0 Å². The van der Waals surface area contributed by atoms with Crippen LogP contribution in [0.25, 0.3) is 0 Å². The van der Waals surface area contributed by atoms with E-state index in [9.17, 15) is 4.79 Å². The van der Waals surface area contributed by atoms with Gasteiger partial charge in [0.05, 0.1) is 0 Å². The minimum atomic E-state index is -0.271. The Morgan fingerprint density at radius 2 is 2.27 bits per heavy atom. The van der Waals surface area contributed by atoms with Crippen LogP contribution in [-0.4, -0.2) is 17.6 Å². The van der Waals surface area contributed by atoms with Gasteiger partial charge in [-0.1, -0.05) is 6.08 Å². The SMILES string of the molecule is C=CCNC(=O)Nc1cc(C)cc(C)n1. The zero-order chi connectivity index (χ0) is 11.3. The predicted molar refractivity (Wildman–Crippen MR) is 60.9 cm³/mol. The number of urea groups is 1. The number of anilines is 1. The van der Waals surface area contributed by atoms with Crippen LogP contribution in [0.4, 0.5) is 10.6 Å². The molecular formula is C11H15N3O. The number of hydrogen-bond donors (Lipinski definition) is 2. The first-order valence-electron chi connectivity index (χ1n) is 4.73.